The van der Waals surface area contributed by atoms with Crippen molar-refractivity contribution in [2.75, 3.05) is 40.9 Å². The van der Waals surface area contributed by atoms with Crippen LogP contribution in [-0.2, 0) is 17.8 Å². The average Bonchev–Trinajstić information content (AvgIpc) is 3.46. The number of nitrogens with zero attached hydrogens (tertiary/aromatic N) is 4. The van der Waals surface area contributed by atoms with E-state index in [0.717, 1.165) is 49.5 Å². The summed E-state index contributed by atoms with van der Waals surface area (Å²) in [6.07, 6.45) is 2.67. The minimum atomic E-state index is 0.233. The second-order valence-electron chi connectivity index (χ2n) is 7.88. The number of para-hydroxylation sites is 1. The van der Waals surface area contributed by atoms with E-state index < -0.39 is 0 Å². The monoisotopic (exact) mass is 400 g/mol. The standard InChI is InChI=1S/C21H28N4O4/c1-24(21(26)14-7-8-14)10-9-18-22-20(29-23-18)16-12-25(13-16)11-15-5-4-6-17(27-2)19(15)28-3/h4-6,14,16H,7-13H2,1-3H3. The zero-order chi connectivity index (χ0) is 20.4. The average molecular weight is 400 g/mol. The molecule has 1 saturated heterocycles. The summed E-state index contributed by atoms with van der Waals surface area (Å²) in [5, 5.41) is 4.09. The minimum absolute atomic E-state index is 0.233. The fourth-order valence-corrected chi connectivity index (χ4v) is 3.73. The number of likely N-dealkylation sites (N-methyl/N-ethyl adjacent to an activating group) is 1. The zero-order valence-corrected chi connectivity index (χ0v) is 17.3. The van der Waals surface area contributed by atoms with Gasteiger partial charge in [-0.1, -0.05) is 17.3 Å². The minimum Gasteiger partial charge on any atom is -0.493 e. The van der Waals surface area contributed by atoms with Gasteiger partial charge in [-0.05, 0) is 18.9 Å². The largest absolute Gasteiger partial charge is 0.493 e. The predicted octanol–water partition coefficient (Wildman–Crippen LogP) is 2.10. The van der Waals surface area contributed by atoms with Crippen LogP contribution in [0.3, 0.4) is 0 Å². The molecule has 1 saturated carbocycles. The maximum Gasteiger partial charge on any atom is 0.232 e. The molecule has 2 fully saturated rings. The van der Waals surface area contributed by atoms with E-state index >= 15 is 0 Å². The van der Waals surface area contributed by atoms with E-state index in [1.165, 1.54) is 0 Å². The van der Waals surface area contributed by atoms with Gasteiger partial charge >= 0.3 is 0 Å². The number of carbonyl (C=O) groups excluding carboxylic acids is 1. The summed E-state index contributed by atoms with van der Waals surface area (Å²) in [6, 6.07) is 5.93. The number of amides is 1. The molecule has 8 nitrogen and oxygen atoms in total. The van der Waals surface area contributed by atoms with Crippen LogP contribution in [0.4, 0.5) is 0 Å². The Morgan fingerprint density at radius 1 is 1.28 bits per heavy atom. The number of rotatable bonds is 9. The molecule has 1 aromatic heterocycles. The van der Waals surface area contributed by atoms with Crippen molar-refractivity contribution >= 4 is 5.91 Å². The summed E-state index contributed by atoms with van der Waals surface area (Å²) < 4.78 is 16.4. The van der Waals surface area contributed by atoms with Gasteiger partial charge in [-0.25, -0.2) is 0 Å². The third-order valence-electron chi connectivity index (χ3n) is 5.64. The molecule has 1 aliphatic carbocycles. The van der Waals surface area contributed by atoms with Gasteiger partial charge in [-0.3, -0.25) is 9.69 Å². The van der Waals surface area contributed by atoms with Gasteiger partial charge in [0.1, 0.15) is 0 Å². The summed E-state index contributed by atoms with van der Waals surface area (Å²) in [7, 11) is 5.16. The SMILES string of the molecule is COc1cccc(CN2CC(c3nc(CCN(C)C(=O)C4CC4)no3)C2)c1OC. The summed E-state index contributed by atoms with van der Waals surface area (Å²) in [5.41, 5.74) is 1.10. The number of methoxy groups -OCH3 is 2. The number of likely N-dealkylation sites (tertiary alicyclic amines) is 1. The lowest BCUT2D eigenvalue weighted by Gasteiger charge is -2.37. The molecule has 0 spiro atoms. The smallest absolute Gasteiger partial charge is 0.232 e. The number of hydrogen-bond donors (Lipinski definition) is 0. The number of carbonyl (C=O) groups is 1. The molecule has 1 amide bonds. The molecule has 0 atom stereocenters. The summed E-state index contributed by atoms with van der Waals surface area (Å²) in [5.74, 6) is 3.60. The summed E-state index contributed by atoms with van der Waals surface area (Å²) in [6.45, 7) is 3.14. The van der Waals surface area contributed by atoms with Gasteiger partial charge in [0, 0.05) is 51.1 Å². The van der Waals surface area contributed by atoms with E-state index in [2.05, 4.69) is 21.1 Å². The van der Waals surface area contributed by atoms with E-state index in [0.29, 0.717) is 24.7 Å². The van der Waals surface area contributed by atoms with E-state index in [9.17, 15) is 4.79 Å². The Labute approximate surface area is 170 Å². The molecule has 2 heterocycles. The van der Waals surface area contributed by atoms with Crippen molar-refractivity contribution in [3.63, 3.8) is 0 Å². The molecule has 0 unspecified atom stereocenters. The van der Waals surface area contributed by atoms with E-state index in [4.69, 9.17) is 14.0 Å². The van der Waals surface area contributed by atoms with Crippen LogP contribution < -0.4 is 9.47 Å². The van der Waals surface area contributed by atoms with Gasteiger partial charge < -0.3 is 18.9 Å². The predicted molar refractivity (Wildman–Crippen MR) is 106 cm³/mol. The second kappa shape index (κ2) is 8.41. The number of ether oxygens (including phenoxy) is 2. The van der Waals surface area contributed by atoms with Crippen LogP contribution in [0.25, 0.3) is 0 Å². The van der Waals surface area contributed by atoms with Crippen molar-refractivity contribution in [3.05, 3.63) is 35.5 Å². The Morgan fingerprint density at radius 2 is 2.07 bits per heavy atom. The van der Waals surface area contributed by atoms with Crippen molar-refractivity contribution < 1.29 is 18.8 Å². The zero-order valence-electron chi connectivity index (χ0n) is 17.3. The lowest BCUT2D eigenvalue weighted by molar-refractivity contribution is -0.131. The summed E-state index contributed by atoms with van der Waals surface area (Å²) in [4.78, 5) is 20.6. The first-order valence-corrected chi connectivity index (χ1v) is 10.1. The molecular formula is C21H28N4O4. The Kier molecular flexibility index (Phi) is 5.71. The van der Waals surface area contributed by atoms with Crippen molar-refractivity contribution in [2.45, 2.75) is 31.7 Å². The van der Waals surface area contributed by atoms with Crippen molar-refractivity contribution in [1.82, 2.24) is 19.9 Å². The van der Waals surface area contributed by atoms with Crippen molar-refractivity contribution in [2.24, 2.45) is 5.92 Å². The molecule has 1 aliphatic heterocycles. The van der Waals surface area contributed by atoms with Gasteiger partial charge in [0.15, 0.2) is 17.3 Å². The van der Waals surface area contributed by atoms with Crippen LogP contribution in [0, 0.1) is 5.92 Å². The third kappa shape index (κ3) is 4.37. The van der Waals surface area contributed by atoms with Gasteiger partial charge in [-0.15, -0.1) is 0 Å². The lowest BCUT2D eigenvalue weighted by atomic mass is 9.99. The summed E-state index contributed by atoms with van der Waals surface area (Å²) >= 11 is 0. The fourth-order valence-electron chi connectivity index (χ4n) is 3.73. The lowest BCUT2D eigenvalue weighted by Crippen LogP contribution is -2.44. The normalized spacial score (nSPS) is 17.1. The second-order valence-corrected chi connectivity index (χ2v) is 7.88. The van der Waals surface area contributed by atoms with Crippen LogP contribution in [0.1, 0.15) is 36.0 Å². The molecule has 8 heteroatoms. The molecule has 4 rings (SSSR count). The number of aromatic nitrogens is 2. The van der Waals surface area contributed by atoms with E-state index in [-0.39, 0.29) is 17.7 Å². The molecule has 2 aliphatic rings. The number of benzene rings is 1. The van der Waals surface area contributed by atoms with Gasteiger partial charge in [-0.2, -0.15) is 4.98 Å². The van der Waals surface area contributed by atoms with Crippen molar-refractivity contribution in [3.8, 4) is 11.5 Å². The van der Waals surface area contributed by atoms with Crippen molar-refractivity contribution in [1.29, 1.82) is 0 Å². The first-order chi connectivity index (χ1) is 14.1. The highest BCUT2D eigenvalue weighted by atomic mass is 16.5. The van der Waals surface area contributed by atoms with Crippen LogP contribution in [0.5, 0.6) is 11.5 Å². The molecule has 29 heavy (non-hydrogen) atoms. The first-order valence-electron chi connectivity index (χ1n) is 10.1. The highest BCUT2D eigenvalue weighted by molar-refractivity contribution is 5.80. The van der Waals surface area contributed by atoms with E-state index in [1.54, 1.807) is 19.1 Å². The number of hydrogen-bond acceptors (Lipinski definition) is 7. The van der Waals surface area contributed by atoms with Gasteiger partial charge in [0.2, 0.25) is 11.8 Å². The third-order valence-corrected chi connectivity index (χ3v) is 5.64. The van der Waals surface area contributed by atoms with Gasteiger partial charge in [0.05, 0.1) is 20.1 Å². The topological polar surface area (TPSA) is 80.9 Å². The Balaban J connectivity index is 1.27. The first kappa shape index (κ1) is 19.7. The molecule has 2 aromatic rings. The quantitative estimate of drug-likeness (QED) is 0.638. The highest BCUT2D eigenvalue weighted by Gasteiger charge is 2.34. The van der Waals surface area contributed by atoms with Crippen LogP contribution in [0.2, 0.25) is 0 Å². The maximum atomic E-state index is 12.0. The highest BCUT2D eigenvalue weighted by Crippen LogP contribution is 2.34. The fraction of sp³-hybridized carbons (Fsp3) is 0.571. The van der Waals surface area contributed by atoms with Crippen LogP contribution in [0.15, 0.2) is 22.7 Å². The van der Waals surface area contributed by atoms with Crippen LogP contribution in [-0.4, -0.2) is 66.7 Å². The molecule has 0 radical (unpaired) electrons. The van der Waals surface area contributed by atoms with Crippen LogP contribution >= 0.6 is 0 Å². The van der Waals surface area contributed by atoms with E-state index in [1.807, 2.05) is 19.2 Å². The Morgan fingerprint density at radius 3 is 2.76 bits per heavy atom. The molecule has 0 N–H and O–H groups in total. The van der Waals surface area contributed by atoms with Gasteiger partial charge in [0.25, 0.3) is 0 Å². The molecular weight excluding hydrogens is 372 g/mol. The molecule has 0 bridgehead atoms. The molecule has 156 valence electrons. The molecule has 1 aromatic carbocycles. The Hall–Kier alpha value is -2.61. The maximum absolute atomic E-state index is 12.0. The Bertz CT molecular complexity index is 858.